The summed E-state index contributed by atoms with van der Waals surface area (Å²) in [6.45, 7) is 0. The van der Waals surface area contributed by atoms with Gasteiger partial charge in [0.25, 0.3) is 5.62 Å². The standard InChI is InChI=1S/C9H7Cl2N5O/c10-5-3-1-2-4(6(5)11)7-8(12)14-9(13)16(17)15-7/h1-3,17H,(H3,12,13,14). The van der Waals surface area contributed by atoms with Crippen LogP contribution in [0.3, 0.4) is 0 Å². The maximum Gasteiger partial charge on any atom is 0.278 e. The Balaban J connectivity index is 2.73. The molecule has 0 unspecified atom stereocenters. The van der Waals surface area contributed by atoms with Crippen molar-refractivity contribution >= 4 is 29.0 Å². The Kier molecular flexibility index (Phi) is 2.91. The van der Waals surface area contributed by atoms with Crippen LogP contribution in [0.25, 0.3) is 11.3 Å². The van der Waals surface area contributed by atoms with Gasteiger partial charge in [0.2, 0.25) is 0 Å². The second-order valence-electron chi connectivity index (χ2n) is 3.16. The Hall–Kier alpha value is -1.79. The van der Waals surface area contributed by atoms with Gasteiger partial charge in [-0.15, -0.1) is 5.10 Å². The minimum Gasteiger partial charge on any atom is -0.409 e. The highest BCUT2D eigenvalue weighted by Crippen LogP contribution is 2.33. The summed E-state index contributed by atoms with van der Waals surface area (Å²) in [5.41, 5.74) is 5.75. The number of halogens is 2. The van der Waals surface area contributed by atoms with Gasteiger partial charge in [-0.2, -0.15) is 4.98 Å². The van der Waals surface area contributed by atoms with Gasteiger partial charge in [0.05, 0.1) is 10.0 Å². The van der Waals surface area contributed by atoms with E-state index in [-0.39, 0.29) is 16.5 Å². The van der Waals surface area contributed by atoms with Crippen LogP contribution in [-0.4, -0.2) is 20.1 Å². The van der Waals surface area contributed by atoms with Crippen LogP contribution < -0.4 is 11.4 Å². The number of benzene rings is 1. The van der Waals surface area contributed by atoms with Crippen LogP contribution in [0, 0.1) is 5.41 Å². The van der Waals surface area contributed by atoms with Gasteiger partial charge in [-0.05, 0) is 6.07 Å². The van der Waals surface area contributed by atoms with Crippen LogP contribution in [0.5, 0.6) is 0 Å². The van der Waals surface area contributed by atoms with E-state index in [1.54, 1.807) is 18.2 Å². The zero-order valence-electron chi connectivity index (χ0n) is 8.35. The minimum absolute atomic E-state index is 0.00975. The highest BCUT2D eigenvalue weighted by atomic mass is 35.5. The molecule has 1 aromatic heterocycles. The molecular weight excluding hydrogens is 265 g/mol. The summed E-state index contributed by atoms with van der Waals surface area (Å²) >= 11 is 11.9. The number of nitrogens with one attached hydrogen (secondary N) is 1. The Bertz CT molecular complexity index is 640. The van der Waals surface area contributed by atoms with Gasteiger partial charge in [-0.1, -0.05) is 40.2 Å². The van der Waals surface area contributed by atoms with Crippen LogP contribution >= 0.6 is 23.2 Å². The monoisotopic (exact) mass is 271 g/mol. The van der Waals surface area contributed by atoms with E-state index < -0.39 is 5.62 Å². The molecule has 6 nitrogen and oxygen atoms in total. The summed E-state index contributed by atoms with van der Waals surface area (Å²) in [6.07, 6.45) is 0. The van der Waals surface area contributed by atoms with Crippen molar-refractivity contribution in [2.45, 2.75) is 0 Å². The maximum atomic E-state index is 9.27. The fraction of sp³-hybridized carbons (Fsp3) is 0. The van der Waals surface area contributed by atoms with Gasteiger partial charge in [0.15, 0.2) is 5.82 Å². The largest absolute Gasteiger partial charge is 0.409 e. The Morgan fingerprint density at radius 3 is 2.76 bits per heavy atom. The predicted molar refractivity (Wildman–Crippen MR) is 62.9 cm³/mol. The summed E-state index contributed by atoms with van der Waals surface area (Å²) in [6, 6.07) is 4.92. The van der Waals surface area contributed by atoms with E-state index in [0.717, 1.165) is 0 Å². The van der Waals surface area contributed by atoms with Crippen molar-refractivity contribution in [3.05, 3.63) is 33.9 Å². The third kappa shape index (κ3) is 2.04. The molecule has 0 bridgehead atoms. The molecule has 4 N–H and O–H groups in total. The molecule has 2 rings (SSSR count). The van der Waals surface area contributed by atoms with E-state index >= 15 is 0 Å². The van der Waals surface area contributed by atoms with Gasteiger partial charge in [-0.25, -0.2) is 0 Å². The fourth-order valence-corrected chi connectivity index (χ4v) is 1.67. The predicted octanol–water partition coefficient (Wildman–Crippen LogP) is 1.55. The number of nitrogen functional groups attached to an aromatic ring is 1. The first-order chi connectivity index (χ1) is 8.00. The van der Waals surface area contributed by atoms with Gasteiger partial charge >= 0.3 is 0 Å². The Labute approximate surface area is 106 Å². The summed E-state index contributed by atoms with van der Waals surface area (Å²) in [4.78, 5) is 3.92. The quantitative estimate of drug-likeness (QED) is 0.685. The summed E-state index contributed by atoms with van der Waals surface area (Å²) in [7, 11) is 0. The molecule has 0 radical (unpaired) electrons. The highest BCUT2D eigenvalue weighted by Gasteiger charge is 2.13. The third-order valence-corrected chi connectivity index (χ3v) is 2.88. The first-order valence-corrected chi connectivity index (χ1v) is 5.21. The third-order valence-electron chi connectivity index (χ3n) is 2.06. The van der Waals surface area contributed by atoms with Crippen LogP contribution in [0.1, 0.15) is 0 Å². The lowest BCUT2D eigenvalue weighted by atomic mass is 10.1. The molecule has 0 atom stereocenters. The number of hydrogen-bond acceptors (Lipinski definition) is 5. The first kappa shape index (κ1) is 11.7. The Morgan fingerprint density at radius 1 is 1.35 bits per heavy atom. The van der Waals surface area contributed by atoms with Crippen molar-refractivity contribution in [1.82, 2.24) is 14.9 Å². The van der Waals surface area contributed by atoms with Gasteiger partial charge in [0.1, 0.15) is 5.69 Å². The molecule has 0 spiro atoms. The van der Waals surface area contributed by atoms with Crippen molar-refractivity contribution in [1.29, 1.82) is 5.41 Å². The second kappa shape index (κ2) is 4.23. The van der Waals surface area contributed by atoms with E-state index in [0.29, 0.717) is 15.4 Å². The molecule has 0 fully saturated rings. The molecule has 0 aliphatic carbocycles. The van der Waals surface area contributed by atoms with Crippen molar-refractivity contribution in [3.63, 3.8) is 0 Å². The number of aromatic nitrogens is 3. The summed E-state index contributed by atoms with van der Waals surface area (Å²) < 4.78 is 0. The van der Waals surface area contributed by atoms with E-state index in [1.807, 2.05) is 0 Å². The number of anilines is 1. The number of hydrogen-bond donors (Lipinski definition) is 3. The molecule has 0 aliphatic rings. The molecule has 0 amide bonds. The van der Waals surface area contributed by atoms with E-state index in [4.69, 9.17) is 34.3 Å². The zero-order valence-corrected chi connectivity index (χ0v) is 9.87. The number of rotatable bonds is 1. The molecule has 0 saturated heterocycles. The number of nitrogens with two attached hydrogens (primary N) is 1. The molecule has 17 heavy (non-hydrogen) atoms. The number of nitrogens with zero attached hydrogens (tertiary/aromatic N) is 3. The summed E-state index contributed by atoms with van der Waals surface area (Å²) in [5.74, 6) is -0.00975. The van der Waals surface area contributed by atoms with Gasteiger partial charge in [0, 0.05) is 5.56 Å². The van der Waals surface area contributed by atoms with E-state index in [2.05, 4.69) is 10.1 Å². The van der Waals surface area contributed by atoms with Crippen molar-refractivity contribution in [2.24, 2.45) is 0 Å². The molecule has 0 saturated carbocycles. The van der Waals surface area contributed by atoms with Crippen LogP contribution in [-0.2, 0) is 0 Å². The van der Waals surface area contributed by atoms with Crippen molar-refractivity contribution in [2.75, 3.05) is 5.73 Å². The fourth-order valence-electron chi connectivity index (χ4n) is 1.28. The molecule has 1 aromatic carbocycles. The topological polar surface area (TPSA) is 101 Å². The molecular formula is C9H7Cl2N5O. The zero-order chi connectivity index (χ0) is 12.6. The molecule has 0 aliphatic heterocycles. The highest BCUT2D eigenvalue weighted by molar-refractivity contribution is 6.43. The summed E-state index contributed by atoms with van der Waals surface area (Å²) in [5, 5.41) is 20.8. The maximum absolute atomic E-state index is 9.27. The van der Waals surface area contributed by atoms with Crippen LogP contribution in [0.4, 0.5) is 5.82 Å². The van der Waals surface area contributed by atoms with Crippen molar-refractivity contribution < 1.29 is 5.21 Å². The minimum atomic E-state index is -0.468. The molecule has 1 heterocycles. The molecule has 2 aromatic rings. The normalized spacial score (nSPS) is 10.5. The van der Waals surface area contributed by atoms with Crippen LogP contribution in [0.2, 0.25) is 10.0 Å². The molecule has 88 valence electrons. The lowest BCUT2D eigenvalue weighted by molar-refractivity contribution is 0.126. The van der Waals surface area contributed by atoms with Crippen LogP contribution in [0.15, 0.2) is 18.2 Å². The van der Waals surface area contributed by atoms with E-state index in [1.165, 1.54) is 0 Å². The Morgan fingerprint density at radius 2 is 2.06 bits per heavy atom. The second-order valence-corrected chi connectivity index (χ2v) is 3.95. The van der Waals surface area contributed by atoms with Gasteiger partial charge in [-0.3, -0.25) is 5.41 Å². The van der Waals surface area contributed by atoms with Crippen molar-refractivity contribution in [3.8, 4) is 11.3 Å². The lowest BCUT2D eigenvalue weighted by Crippen LogP contribution is -2.25. The molecule has 8 heteroatoms. The average molecular weight is 272 g/mol. The smallest absolute Gasteiger partial charge is 0.278 e. The van der Waals surface area contributed by atoms with Gasteiger partial charge < -0.3 is 10.9 Å². The lowest BCUT2D eigenvalue weighted by Gasteiger charge is -2.07. The SMILES string of the molecule is N=c1nc(N)c(-c2cccc(Cl)c2Cl)nn1O. The average Bonchev–Trinajstić information content (AvgIpc) is 2.28. The van der Waals surface area contributed by atoms with E-state index in [9.17, 15) is 5.21 Å². The first-order valence-electron chi connectivity index (χ1n) is 4.46.